The minimum absolute atomic E-state index is 0.0196. The van der Waals surface area contributed by atoms with Gasteiger partial charge in [0.1, 0.15) is 11.6 Å². The highest BCUT2D eigenvalue weighted by Crippen LogP contribution is 2.08. The van der Waals surface area contributed by atoms with Crippen LogP contribution >= 0.6 is 0 Å². The smallest absolute Gasteiger partial charge is 0.140 e. The van der Waals surface area contributed by atoms with E-state index in [4.69, 9.17) is 0 Å². The SMILES string of the molecule is CC(=O)CC(=O)CCCCC(C)C. The molecule has 0 aromatic carbocycles. The number of unbranched alkanes of at least 4 members (excludes halogenated alkanes) is 1. The first kappa shape index (κ1) is 12.3. The maximum absolute atomic E-state index is 11.1. The van der Waals surface area contributed by atoms with Gasteiger partial charge in [0.25, 0.3) is 0 Å². The zero-order valence-corrected chi connectivity index (χ0v) is 8.93. The Bertz CT molecular complexity index is 171. The van der Waals surface area contributed by atoms with E-state index in [1.54, 1.807) is 0 Å². The molecule has 13 heavy (non-hydrogen) atoms. The molecule has 0 saturated heterocycles. The summed E-state index contributed by atoms with van der Waals surface area (Å²) in [6.07, 6.45) is 3.91. The van der Waals surface area contributed by atoms with E-state index in [0.717, 1.165) is 12.8 Å². The van der Waals surface area contributed by atoms with Gasteiger partial charge < -0.3 is 0 Å². The van der Waals surface area contributed by atoms with Crippen LogP contribution in [0.1, 0.15) is 52.9 Å². The summed E-state index contributed by atoms with van der Waals surface area (Å²) in [5.74, 6) is 0.785. The molecule has 0 aliphatic rings. The third-order valence-electron chi connectivity index (χ3n) is 1.93. The molecule has 0 atom stereocenters. The molecule has 0 aromatic heterocycles. The van der Waals surface area contributed by atoms with E-state index < -0.39 is 0 Å². The van der Waals surface area contributed by atoms with Crippen LogP contribution < -0.4 is 0 Å². The van der Waals surface area contributed by atoms with Crippen molar-refractivity contribution in [2.24, 2.45) is 5.92 Å². The molecule has 0 spiro atoms. The average molecular weight is 184 g/mol. The second kappa shape index (κ2) is 6.81. The van der Waals surface area contributed by atoms with E-state index in [0.29, 0.717) is 12.3 Å². The Kier molecular flexibility index (Phi) is 6.47. The van der Waals surface area contributed by atoms with Crippen LogP contribution in [-0.2, 0) is 9.59 Å². The van der Waals surface area contributed by atoms with Crippen LogP contribution in [0.4, 0.5) is 0 Å². The van der Waals surface area contributed by atoms with Crippen LogP contribution in [0, 0.1) is 5.92 Å². The van der Waals surface area contributed by atoms with Crippen molar-refractivity contribution in [2.45, 2.75) is 52.9 Å². The van der Waals surface area contributed by atoms with Crippen molar-refractivity contribution in [3.63, 3.8) is 0 Å². The van der Waals surface area contributed by atoms with Crippen molar-refractivity contribution in [1.82, 2.24) is 0 Å². The second-order valence-corrected chi connectivity index (χ2v) is 4.06. The first-order valence-corrected chi connectivity index (χ1v) is 5.03. The number of carbonyl (C=O) groups excluding carboxylic acids is 2. The molecule has 0 radical (unpaired) electrons. The van der Waals surface area contributed by atoms with Gasteiger partial charge in [0.2, 0.25) is 0 Å². The molecule has 76 valence electrons. The number of carbonyl (C=O) groups is 2. The van der Waals surface area contributed by atoms with Crippen molar-refractivity contribution >= 4 is 11.6 Å². The molecule has 0 unspecified atom stereocenters. The van der Waals surface area contributed by atoms with Gasteiger partial charge in [-0.3, -0.25) is 9.59 Å². The van der Waals surface area contributed by atoms with Crippen molar-refractivity contribution < 1.29 is 9.59 Å². The van der Waals surface area contributed by atoms with Crippen LogP contribution in [0.5, 0.6) is 0 Å². The number of Topliss-reactive ketones (excluding diaryl/α,β-unsaturated/α-hetero) is 2. The van der Waals surface area contributed by atoms with Crippen molar-refractivity contribution in [2.75, 3.05) is 0 Å². The molecule has 0 aliphatic heterocycles. The van der Waals surface area contributed by atoms with E-state index in [-0.39, 0.29) is 18.0 Å². The summed E-state index contributed by atoms with van der Waals surface area (Å²) in [4.78, 5) is 21.7. The lowest BCUT2D eigenvalue weighted by Gasteiger charge is -2.02. The van der Waals surface area contributed by atoms with Crippen LogP contribution in [0.2, 0.25) is 0 Å². The summed E-state index contributed by atoms with van der Waals surface area (Å²) >= 11 is 0. The number of ketones is 2. The fourth-order valence-electron chi connectivity index (χ4n) is 1.24. The number of hydrogen-bond donors (Lipinski definition) is 0. The molecule has 2 heteroatoms. The Morgan fingerprint density at radius 1 is 1.15 bits per heavy atom. The summed E-state index contributed by atoms with van der Waals surface area (Å²) in [5.41, 5.74) is 0. The summed E-state index contributed by atoms with van der Waals surface area (Å²) in [6.45, 7) is 5.82. The van der Waals surface area contributed by atoms with Crippen LogP contribution in [-0.4, -0.2) is 11.6 Å². The Balaban J connectivity index is 3.32. The fraction of sp³-hybridized carbons (Fsp3) is 0.818. The summed E-state index contributed by atoms with van der Waals surface area (Å²) in [7, 11) is 0. The molecule has 0 heterocycles. The first-order chi connectivity index (χ1) is 6.02. The van der Waals surface area contributed by atoms with E-state index >= 15 is 0 Å². The van der Waals surface area contributed by atoms with Crippen LogP contribution in [0.3, 0.4) is 0 Å². The maximum atomic E-state index is 11.1. The monoisotopic (exact) mass is 184 g/mol. The molecule has 0 amide bonds. The second-order valence-electron chi connectivity index (χ2n) is 4.06. The highest BCUT2D eigenvalue weighted by atomic mass is 16.1. The summed E-state index contributed by atoms with van der Waals surface area (Å²) in [5, 5.41) is 0. The molecule has 0 N–H and O–H groups in total. The van der Waals surface area contributed by atoms with Gasteiger partial charge in [0, 0.05) is 6.42 Å². The Labute approximate surface area is 80.7 Å². The summed E-state index contributed by atoms with van der Waals surface area (Å²) < 4.78 is 0. The maximum Gasteiger partial charge on any atom is 0.140 e. The lowest BCUT2D eigenvalue weighted by molar-refractivity contribution is -0.125. The molecule has 2 nitrogen and oxygen atoms in total. The third kappa shape index (κ3) is 9.25. The Morgan fingerprint density at radius 2 is 1.77 bits per heavy atom. The van der Waals surface area contributed by atoms with Gasteiger partial charge in [-0.2, -0.15) is 0 Å². The van der Waals surface area contributed by atoms with Crippen molar-refractivity contribution in [3.8, 4) is 0 Å². The predicted octanol–water partition coefficient (Wildman–Crippen LogP) is 2.75. The minimum Gasteiger partial charge on any atom is -0.300 e. The van der Waals surface area contributed by atoms with E-state index in [9.17, 15) is 9.59 Å². The largest absolute Gasteiger partial charge is 0.300 e. The molecule has 0 bridgehead atoms. The molecule has 0 fully saturated rings. The molecule has 0 aliphatic carbocycles. The van der Waals surface area contributed by atoms with Gasteiger partial charge in [0.15, 0.2) is 0 Å². The van der Waals surface area contributed by atoms with Crippen LogP contribution in [0.15, 0.2) is 0 Å². The normalized spacial score (nSPS) is 10.5. The molecule has 0 saturated carbocycles. The molecule has 0 aromatic rings. The lowest BCUT2D eigenvalue weighted by atomic mass is 10.0. The van der Waals surface area contributed by atoms with Gasteiger partial charge in [0.05, 0.1) is 6.42 Å². The number of rotatable bonds is 7. The standard InChI is InChI=1S/C11H20O2/c1-9(2)6-4-5-7-11(13)8-10(3)12/h9H,4-8H2,1-3H3. The first-order valence-electron chi connectivity index (χ1n) is 5.03. The van der Waals surface area contributed by atoms with Crippen molar-refractivity contribution in [1.29, 1.82) is 0 Å². The quantitative estimate of drug-likeness (QED) is 0.450. The van der Waals surface area contributed by atoms with Gasteiger partial charge in [-0.1, -0.05) is 26.7 Å². The minimum atomic E-state index is -0.0196. The Hall–Kier alpha value is -0.660. The van der Waals surface area contributed by atoms with E-state index in [1.165, 1.54) is 13.3 Å². The zero-order valence-electron chi connectivity index (χ0n) is 8.93. The van der Waals surface area contributed by atoms with E-state index in [2.05, 4.69) is 13.8 Å². The molecule has 0 rings (SSSR count). The predicted molar refractivity (Wildman–Crippen MR) is 53.6 cm³/mol. The van der Waals surface area contributed by atoms with Crippen molar-refractivity contribution in [3.05, 3.63) is 0 Å². The zero-order chi connectivity index (χ0) is 10.3. The van der Waals surface area contributed by atoms with Gasteiger partial charge in [-0.05, 0) is 19.3 Å². The Morgan fingerprint density at radius 3 is 2.23 bits per heavy atom. The van der Waals surface area contributed by atoms with Gasteiger partial charge >= 0.3 is 0 Å². The van der Waals surface area contributed by atoms with Crippen LogP contribution in [0.25, 0.3) is 0 Å². The highest BCUT2D eigenvalue weighted by Gasteiger charge is 2.04. The number of hydrogen-bond acceptors (Lipinski definition) is 2. The average Bonchev–Trinajstić information content (AvgIpc) is 1.96. The summed E-state index contributed by atoms with van der Waals surface area (Å²) in [6, 6.07) is 0. The van der Waals surface area contributed by atoms with E-state index in [1.807, 2.05) is 0 Å². The molecular formula is C11H20O2. The lowest BCUT2D eigenvalue weighted by Crippen LogP contribution is -2.03. The van der Waals surface area contributed by atoms with Gasteiger partial charge in [-0.25, -0.2) is 0 Å². The van der Waals surface area contributed by atoms with Gasteiger partial charge in [-0.15, -0.1) is 0 Å². The molecular weight excluding hydrogens is 164 g/mol. The highest BCUT2D eigenvalue weighted by molar-refractivity contribution is 5.97. The third-order valence-corrected chi connectivity index (χ3v) is 1.93. The fourth-order valence-corrected chi connectivity index (χ4v) is 1.24. The topological polar surface area (TPSA) is 34.1 Å².